The number of carbonyl (C=O) groups is 1. The molecule has 0 aliphatic heterocycles. The topological polar surface area (TPSA) is 72.9 Å². The molecule has 124 valence electrons. The summed E-state index contributed by atoms with van der Waals surface area (Å²) in [5.41, 5.74) is 5.81. The lowest BCUT2D eigenvalue weighted by Crippen LogP contribution is -2.32. The molecule has 5 nitrogen and oxygen atoms in total. The Morgan fingerprint density at radius 2 is 1.87 bits per heavy atom. The summed E-state index contributed by atoms with van der Waals surface area (Å²) in [6, 6.07) is 10.2. The molecule has 1 amide bonds. The van der Waals surface area contributed by atoms with Crippen LogP contribution in [0.2, 0.25) is 0 Å². The van der Waals surface area contributed by atoms with Crippen molar-refractivity contribution < 1.29 is 4.79 Å². The van der Waals surface area contributed by atoms with E-state index in [1.165, 1.54) is 5.56 Å². The van der Waals surface area contributed by atoms with E-state index in [4.69, 9.17) is 5.84 Å². The van der Waals surface area contributed by atoms with Crippen molar-refractivity contribution >= 4 is 5.91 Å². The van der Waals surface area contributed by atoms with Crippen molar-refractivity contribution in [2.45, 2.75) is 52.5 Å². The predicted octanol–water partition coefficient (Wildman–Crippen LogP) is 2.96. The van der Waals surface area contributed by atoms with Gasteiger partial charge in [-0.3, -0.25) is 14.9 Å². The highest BCUT2D eigenvalue weighted by Crippen LogP contribution is 2.22. The van der Waals surface area contributed by atoms with Crippen LogP contribution in [0.15, 0.2) is 30.3 Å². The third kappa shape index (κ3) is 3.99. The van der Waals surface area contributed by atoms with Gasteiger partial charge in [0.2, 0.25) is 0 Å². The molecule has 2 rings (SSSR count). The Labute approximate surface area is 137 Å². The van der Waals surface area contributed by atoms with Gasteiger partial charge >= 0.3 is 0 Å². The van der Waals surface area contributed by atoms with Gasteiger partial charge in [-0.05, 0) is 23.1 Å². The Bertz CT molecular complexity index is 678. The summed E-state index contributed by atoms with van der Waals surface area (Å²) in [7, 11) is 0. The minimum absolute atomic E-state index is 0.129. The van der Waals surface area contributed by atoms with Crippen LogP contribution in [0.1, 0.15) is 67.8 Å². The zero-order valence-corrected chi connectivity index (χ0v) is 14.6. The fraction of sp³-hybridized carbons (Fsp3) is 0.444. The number of rotatable bonds is 4. The average Bonchev–Trinajstić information content (AvgIpc) is 2.91. The number of hydrogen-bond donors (Lipinski definition) is 2. The summed E-state index contributed by atoms with van der Waals surface area (Å²) in [5, 5.41) is 4.60. The zero-order chi connectivity index (χ0) is 17.2. The van der Waals surface area contributed by atoms with E-state index in [9.17, 15) is 4.79 Å². The molecule has 1 aromatic heterocycles. The maximum atomic E-state index is 12.0. The van der Waals surface area contributed by atoms with Crippen molar-refractivity contribution in [3.05, 3.63) is 52.8 Å². The van der Waals surface area contributed by atoms with Crippen molar-refractivity contribution in [1.29, 1.82) is 0 Å². The molecule has 1 aromatic carbocycles. The van der Waals surface area contributed by atoms with Gasteiger partial charge in [0.05, 0.1) is 12.2 Å². The molecule has 0 radical (unpaired) electrons. The molecule has 0 atom stereocenters. The number of hydrogen-bond acceptors (Lipinski definition) is 3. The van der Waals surface area contributed by atoms with Crippen LogP contribution >= 0.6 is 0 Å². The van der Waals surface area contributed by atoms with E-state index in [-0.39, 0.29) is 11.3 Å². The Balaban J connectivity index is 2.34. The fourth-order valence-corrected chi connectivity index (χ4v) is 2.34. The maximum Gasteiger partial charge on any atom is 0.283 e. The monoisotopic (exact) mass is 314 g/mol. The molecule has 5 heteroatoms. The largest absolute Gasteiger partial charge is 0.289 e. The molecule has 0 spiro atoms. The summed E-state index contributed by atoms with van der Waals surface area (Å²) < 4.78 is 1.72. The molecule has 0 fully saturated rings. The summed E-state index contributed by atoms with van der Waals surface area (Å²) in [6.07, 6.45) is 0. The molecule has 0 aliphatic rings. The molecule has 0 saturated heterocycles. The number of aromatic nitrogens is 2. The summed E-state index contributed by atoms with van der Waals surface area (Å²) in [4.78, 5) is 12.0. The lowest BCUT2D eigenvalue weighted by Gasteiger charge is -2.14. The highest BCUT2D eigenvalue weighted by molar-refractivity contribution is 5.92. The quantitative estimate of drug-likeness (QED) is 0.518. The second-order valence-electron chi connectivity index (χ2n) is 7.19. The Morgan fingerprint density at radius 3 is 2.35 bits per heavy atom. The maximum absolute atomic E-state index is 12.0. The number of nitrogens with zero attached hydrogens (tertiary/aromatic N) is 2. The highest BCUT2D eigenvalue weighted by Gasteiger charge is 2.22. The molecule has 3 N–H and O–H groups in total. The van der Waals surface area contributed by atoms with E-state index in [0.29, 0.717) is 18.2 Å². The van der Waals surface area contributed by atoms with Crippen LogP contribution in [-0.2, 0) is 12.0 Å². The molecular weight excluding hydrogens is 288 g/mol. The minimum Gasteiger partial charge on any atom is -0.289 e. The molecule has 2 aromatic rings. The molecule has 0 bridgehead atoms. The lowest BCUT2D eigenvalue weighted by atomic mass is 9.92. The number of amides is 1. The second-order valence-corrected chi connectivity index (χ2v) is 7.19. The normalized spacial score (nSPS) is 11.8. The minimum atomic E-state index is -0.327. The number of nitrogens with one attached hydrogen (secondary N) is 1. The average molecular weight is 314 g/mol. The summed E-state index contributed by atoms with van der Waals surface area (Å²) >= 11 is 0. The first-order chi connectivity index (χ1) is 10.7. The number of nitrogen functional groups attached to an aromatic ring is 1. The number of benzene rings is 1. The number of nitrogens with two attached hydrogens (primary N) is 1. The van der Waals surface area contributed by atoms with Crippen LogP contribution in [0.3, 0.4) is 0 Å². The lowest BCUT2D eigenvalue weighted by molar-refractivity contribution is 0.0943. The zero-order valence-electron chi connectivity index (χ0n) is 14.6. The smallest absolute Gasteiger partial charge is 0.283 e. The van der Waals surface area contributed by atoms with Crippen molar-refractivity contribution in [3.63, 3.8) is 0 Å². The van der Waals surface area contributed by atoms with Crippen LogP contribution in [0, 0.1) is 0 Å². The standard InChI is InChI=1S/C18H26N4O/c1-12(2)14-8-6-13(7-9-14)11-22-15(17(23)20-19)10-16(21-22)18(3,4)5/h6-10,12H,11,19H2,1-5H3,(H,20,23). The highest BCUT2D eigenvalue weighted by atomic mass is 16.2. The Hall–Kier alpha value is -2.14. The third-order valence-electron chi connectivity index (χ3n) is 3.89. The SMILES string of the molecule is CC(C)c1ccc(Cn2nc(C(C)(C)C)cc2C(=O)NN)cc1. The summed E-state index contributed by atoms with van der Waals surface area (Å²) in [6.45, 7) is 11.1. The van der Waals surface area contributed by atoms with Gasteiger partial charge < -0.3 is 0 Å². The molecule has 0 aliphatic carbocycles. The Morgan fingerprint density at radius 1 is 1.26 bits per heavy atom. The van der Waals surface area contributed by atoms with Crippen molar-refractivity contribution in [2.75, 3.05) is 0 Å². The van der Waals surface area contributed by atoms with Crippen molar-refractivity contribution in [1.82, 2.24) is 15.2 Å². The third-order valence-corrected chi connectivity index (χ3v) is 3.89. The first-order valence-electron chi connectivity index (χ1n) is 7.90. The Kier molecular flexibility index (Phi) is 4.90. The van der Waals surface area contributed by atoms with E-state index in [2.05, 4.69) is 69.4 Å². The van der Waals surface area contributed by atoms with E-state index in [0.717, 1.165) is 11.3 Å². The van der Waals surface area contributed by atoms with Crippen LogP contribution < -0.4 is 11.3 Å². The van der Waals surface area contributed by atoms with Gasteiger partial charge in [0.1, 0.15) is 5.69 Å². The molecule has 1 heterocycles. The van der Waals surface area contributed by atoms with E-state index in [1.807, 2.05) is 6.07 Å². The number of carbonyl (C=O) groups excluding carboxylic acids is 1. The van der Waals surface area contributed by atoms with Gasteiger partial charge in [-0.2, -0.15) is 5.10 Å². The van der Waals surface area contributed by atoms with Gasteiger partial charge in [-0.15, -0.1) is 0 Å². The van der Waals surface area contributed by atoms with Gasteiger partial charge in [0.25, 0.3) is 5.91 Å². The number of hydrazine groups is 1. The predicted molar refractivity (Wildman–Crippen MR) is 92.2 cm³/mol. The van der Waals surface area contributed by atoms with Crippen molar-refractivity contribution in [2.24, 2.45) is 5.84 Å². The van der Waals surface area contributed by atoms with E-state index in [1.54, 1.807) is 4.68 Å². The van der Waals surface area contributed by atoms with E-state index >= 15 is 0 Å². The van der Waals surface area contributed by atoms with E-state index < -0.39 is 0 Å². The first-order valence-corrected chi connectivity index (χ1v) is 7.90. The van der Waals surface area contributed by atoms with Gasteiger partial charge in [0.15, 0.2) is 0 Å². The molecular formula is C18H26N4O. The molecule has 0 unspecified atom stereocenters. The second kappa shape index (κ2) is 6.54. The van der Waals surface area contributed by atoms with Gasteiger partial charge in [-0.1, -0.05) is 58.9 Å². The molecule has 0 saturated carbocycles. The van der Waals surface area contributed by atoms with Crippen LogP contribution in [0.4, 0.5) is 0 Å². The fourth-order valence-electron chi connectivity index (χ4n) is 2.34. The van der Waals surface area contributed by atoms with Crippen LogP contribution in [0.5, 0.6) is 0 Å². The van der Waals surface area contributed by atoms with Gasteiger partial charge in [0, 0.05) is 5.41 Å². The van der Waals surface area contributed by atoms with Crippen LogP contribution in [-0.4, -0.2) is 15.7 Å². The first kappa shape index (κ1) is 17.2. The molecule has 23 heavy (non-hydrogen) atoms. The summed E-state index contributed by atoms with van der Waals surface area (Å²) in [5.74, 6) is 5.47. The van der Waals surface area contributed by atoms with Crippen molar-refractivity contribution in [3.8, 4) is 0 Å². The van der Waals surface area contributed by atoms with Crippen LogP contribution in [0.25, 0.3) is 0 Å². The van der Waals surface area contributed by atoms with Gasteiger partial charge in [-0.25, -0.2) is 5.84 Å².